The molecule has 0 amide bonds. The van der Waals surface area contributed by atoms with Gasteiger partial charge in [-0.2, -0.15) is 0 Å². The van der Waals surface area contributed by atoms with Crippen molar-refractivity contribution in [2.24, 2.45) is 0 Å². The Morgan fingerprint density at radius 3 is 2.88 bits per heavy atom. The summed E-state index contributed by atoms with van der Waals surface area (Å²) in [6.07, 6.45) is 1.92. The van der Waals surface area contributed by atoms with Crippen molar-refractivity contribution in [2.75, 3.05) is 25.1 Å². The number of rotatable bonds is 8. The van der Waals surface area contributed by atoms with Crippen LogP contribution in [0, 0.1) is 6.92 Å². The molecule has 0 fully saturated rings. The lowest BCUT2D eigenvalue weighted by Crippen LogP contribution is -2.05. The van der Waals surface area contributed by atoms with Gasteiger partial charge >= 0.3 is 5.97 Å². The van der Waals surface area contributed by atoms with Crippen molar-refractivity contribution in [2.45, 2.75) is 26.7 Å². The lowest BCUT2D eigenvalue weighted by Gasteiger charge is -2.03. The third-order valence-corrected chi connectivity index (χ3v) is 3.18. The molecular weight excluding hydrogens is 240 g/mol. The van der Waals surface area contributed by atoms with E-state index in [0.29, 0.717) is 15.7 Å². The highest BCUT2D eigenvalue weighted by Gasteiger charge is 2.13. The molecule has 5 nitrogen and oxygen atoms in total. The summed E-state index contributed by atoms with van der Waals surface area (Å²) < 4.78 is 5.34. The van der Waals surface area contributed by atoms with Crippen LogP contribution in [0.3, 0.4) is 0 Å². The molecule has 2 N–H and O–H groups in total. The first-order valence-electron chi connectivity index (χ1n) is 5.67. The van der Waals surface area contributed by atoms with Crippen LogP contribution >= 0.6 is 11.3 Å². The van der Waals surface area contributed by atoms with Gasteiger partial charge in [-0.05, 0) is 19.8 Å². The van der Waals surface area contributed by atoms with E-state index in [9.17, 15) is 4.79 Å². The Hall–Kier alpha value is -1.14. The first-order valence-corrected chi connectivity index (χ1v) is 6.49. The second-order valence-electron chi connectivity index (χ2n) is 3.63. The van der Waals surface area contributed by atoms with Crippen molar-refractivity contribution in [3.05, 3.63) is 10.6 Å². The summed E-state index contributed by atoms with van der Waals surface area (Å²) in [6.45, 7) is 6.03. The second-order valence-corrected chi connectivity index (χ2v) is 4.63. The van der Waals surface area contributed by atoms with E-state index in [1.807, 2.05) is 0 Å². The fraction of sp³-hybridized carbons (Fsp3) is 0.636. The second kappa shape index (κ2) is 7.24. The summed E-state index contributed by atoms with van der Waals surface area (Å²) in [5.41, 5.74) is 0.562. The summed E-state index contributed by atoms with van der Waals surface area (Å²) in [7, 11) is 0. The van der Waals surface area contributed by atoms with Crippen molar-refractivity contribution < 1.29 is 14.6 Å². The van der Waals surface area contributed by atoms with Gasteiger partial charge in [0.15, 0.2) is 5.13 Å². The number of ether oxygens (including phenoxy) is 1. The van der Waals surface area contributed by atoms with Crippen LogP contribution < -0.4 is 5.32 Å². The van der Waals surface area contributed by atoms with E-state index in [2.05, 4.69) is 17.2 Å². The van der Waals surface area contributed by atoms with Crippen LogP contribution in [0.1, 0.15) is 35.1 Å². The lowest BCUT2D eigenvalue weighted by molar-refractivity contribution is 0.0701. The number of aryl methyl sites for hydroxylation is 1. The summed E-state index contributed by atoms with van der Waals surface area (Å²) in [5.74, 6) is -0.917. The van der Waals surface area contributed by atoms with Crippen molar-refractivity contribution in [3.63, 3.8) is 0 Å². The zero-order valence-electron chi connectivity index (χ0n) is 10.2. The summed E-state index contributed by atoms with van der Waals surface area (Å²) in [5, 5.41) is 12.6. The standard InChI is InChI=1S/C11H18N2O3S/c1-3-6-16-7-4-5-12-11-13-8(2)9(17-11)10(14)15/h3-7H2,1-2H3,(H,12,13)(H,14,15). The van der Waals surface area contributed by atoms with Gasteiger partial charge in [-0.15, -0.1) is 0 Å². The number of carboxylic acid groups (broad SMARTS) is 1. The molecule has 0 atom stereocenters. The van der Waals surface area contributed by atoms with E-state index in [1.165, 1.54) is 11.3 Å². The Morgan fingerprint density at radius 2 is 2.29 bits per heavy atom. The van der Waals surface area contributed by atoms with E-state index < -0.39 is 5.97 Å². The molecule has 0 spiro atoms. The van der Waals surface area contributed by atoms with Gasteiger partial charge in [-0.3, -0.25) is 0 Å². The third kappa shape index (κ3) is 4.70. The number of hydrogen-bond donors (Lipinski definition) is 2. The number of hydrogen-bond acceptors (Lipinski definition) is 5. The maximum absolute atomic E-state index is 10.8. The summed E-state index contributed by atoms with van der Waals surface area (Å²) in [6, 6.07) is 0. The van der Waals surface area contributed by atoms with Crippen LogP contribution in [0.25, 0.3) is 0 Å². The minimum Gasteiger partial charge on any atom is -0.477 e. The van der Waals surface area contributed by atoms with Gasteiger partial charge in [0, 0.05) is 19.8 Å². The van der Waals surface area contributed by atoms with Gasteiger partial charge in [0.1, 0.15) is 4.88 Å². The number of carboxylic acids is 1. The number of carbonyl (C=O) groups is 1. The maximum atomic E-state index is 10.8. The highest BCUT2D eigenvalue weighted by molar-refractivity contribution is 7.17. The highest BCUT2D eigenvalue weighted by atomic mass is 32.1. The molecule has 0 radical (unpaired) electrons. The van der Waals surface area contributed by atoms with Crippen LogP contribution in [-0.4, -0.2) is 35.8 Å². The largest absolute Gasteiger partial charge is 0.477 e. The summed E-state index contributed by atoms with van der Waals surface area (Å²) >= 11 is 1.17. The Morgan fingerprint density at radius 1 is 1.53 bits per heavy atom. The molecule has 0 unspecified atom stereocenters. The number of aromatic nitrogens is 1. The minimum absolute atomic E-state index is 0.301. The molecule has 0 aliphatic heterocycles. The molecule has 1 rings (SSSR count). The minimum atomic E-state index is -0.917. The van der Waals surface area contributed by atoms with E-state index in [0.717, 1.165) is 32.6 Å². The third-order valence-electron chi connectivity index (χ3n) is 2.08. The van der Waals surface area contributed by atoms with Gasteiger partial charge in [-0.25, -0.2) is 9.78 Å². The average Bonchev–Trinajstić information content (AvgIpc) is 2.65. The number of aromatic carboxylic acids is 1. The molecule has 0 bridgehead atoms. The molecule has 0 saturated carbocycles. The van der Waals surface area contributed by atoms with Gasteiger partial charge in [0.05, 0.1) is 5.69 Å². The zero-order valence-corrected chi connectivity index (χ0v) is 11.0. The Labute approximate surface area is 105 Å². The molecule has 0 aliphatic rings. The molecule has 17 heavy (non-hydrogen) atoms. The molecule has 0 saturated heterocycles. The Bertz CT molecular complexity index is 366. The van der Waals surface area contributed by atoms with Crippen molar-refractivity contribution in [1.29, 1.82) is 0 Å². The van der Waals surface area contributed by atoms with Crippen LogP contribution in [0.4, 0.5) is 5.13 Å². The van der Waals surface area contributed by atoms with E-state index >= 15 is 0 Å². The summed E-state index contributed by atoms with van der Waals surface area (Å²) in [4.78, 5) is 15.3. The van der Waals surface area contributed by atoms with Crippen molar-refractivity contribution in [1.82, 2.24) is 4.98 Å². The average molecular weight is 258 g/mol. The van der Waals surface area contributed by atoms with E-state index in [4.69, 9.17) is 9.84 Å². The van der Waals surface area contributed by atoms with Crippen LogP contribution in [0.15, 0.2) is 0 Å². The SMILES string of the molecule is CCCOCCCNc1nc(C)c(C(=O)O)s1. The van der Waals surface area contributed by atoms with E-state index in [-0.39, 0.29) is 0 Å². The number of thiazole rings is 1. The fourth-order valence-electron chi connectivity index (χ4n) is 1.29. The highest BCUT2D eigenvalue weighted by Crippen LogP contribution is 2.22. The zero-order chi connectivity index (χ0) is 12.7. The normalized spacial score (nSPS) is 10.5. The van der Waals surface area contributed by atoms with Gasteiger partial charge in [-0.1, -0.05) is 18.3 Å². The molecule has 1 aromatic heterocycles. The molecule has 96 valence electrons. The first-order chi connectivity index (χ1) is 8.15. The predicted octanol–water partition coefficient (Wildman–Crippen LogP) is 2.38. The smallest absolute Gasteiger partial charge is 0.347 e. The van der Waals surface area contributed by atoms with Gasteiger partial charge in [0.25, 0.3) is 0 Å². The maximum Gasteiger partial charge on any atom is 0.347 e. The molecule has 0 aromatic carbocycles. The first kappa shape index (κ1) is 13.9. The molecule has 1 heterocycles. The van der Waals surface area contributed by atoms with Crippen molar-refractivity contribution in [3.8, 4) is 0 Å². The quantitative estimate of drug-likeness (QED) is 0.700. The fourth-order valence-corrected chi connectivity index (χ4v) is 2.12. The molecular formula is C11H18N2O3S. The molecule has 6 heteroatoms. The van der Waals surface area contributed by atoms with Crippen molar-refractivity contribution >= 4 is 22.4 Å². The van der Waals surface area contributed by atoms with Gasteiger partial charge in [0.2, 0.25) is 0 Å². The predicted molar refractivity (Wildman–Crippen MR) is 68.0 cm³/mol. The topological polar surface area (TPSA) is 71.5 Å². The van der Waals surface area contributed by atoms with Crippen LogP contribution in [0.5, 0.6) is 0 Å². The number of nitrogens with zero attached hydrogens (tertiary/aromatic N) is 1. The molecule has 1 aromatic rings. The number of anilines is 1. The van der Waals surface area contributed by atoms with Crippen LogP contribution in [-0.2, 0) is 4.74 Å². The Balaban J connectivity index is 2.27. The molecule has 0 aliphatic carbocycles. The van der Waals surface area contributed by atoms with Crippen LogP contribution in [0.2, 0.25) is 0 Å². The lowest BCUT2D eigenvalue weighted by atomic mass is 10.4. The monoisotopic (exact) mass is 258 g/mol. The van der Waals surface area contributed by atoms with Gasteiger partial charge < -0.3 is 15.2 Å². The Kier molecular flexibility index (Phi) is 5.93. The number of nitrogens with one attached hydrogen (secondary N) is 1. The van der Waals surface area contributed by atoms with E-state index in [1.54, 1.807) is 6.92 Å².